The van der Waals surface area contributed by atoms with Gasteiger partial charge in [-0.05, 0) is 36.5 Å². The van der Waals surface area contributed by atoms with E-state index in [0.29, 0.717) is 25.3 Å². The summed E-state index contributed by atoms with van der Waals surface area (Å²) >= 11 is 0. The second-order valence-corrected chi connectivity index (χ2v) is 7.14. The molecule has 0 bridgehead atoms. The van der Waals surface area contributed by atoms with E-state index in [2.05, 4.69) is 15.5 Å². The van der Waals surface area contributed by atoms with E-state index in [4.69, 9.17) is 0 Å². The van der Waals surface area contributed by atoms with Crippen LogP contribution in [0.1, 0.15) is 51.6 Å². The molecule has 0 aliphatic carbocycles. The van der Waals surface area contributed by atoms with Crippen molar-refractivity contribution in [3.05, 3.63) is 52.3 Å². The number of nitrogens with zero attached hydrogens (tertiary/aromatic N) is 2. The molecular formula is C19H21F3N4O. The molecule has 5 nitrogen and oxygen atoms in total. The number of piperidine rings is 1. The molecule has 8 heteroatoms. The van der Waals surface area contributed by atoms with Crippen LogP contribution >= 0.6 is 0 Å². The first-order valence-corrected chi connectivity index (χ1v) is 9.17. The molecule has 4 rings (SSSR count). The SMILES string of the molecule is O=C(c1n[nH]c2c1CNCC2)N1CCC(c2ccc(C(F)(F)F)cc2)CC1. The smallest absolute Gasteiger partial charge is 0.337 e. The highest BCUT2D eigenvalue weighted by atomic mass is 19.4. The zero-order valence-corrected chi connectivity index (χ0v) is 14.8. The summed E-state index contributed by atoms with van der Waals surface area (Å²) in [6, 6.07) is 5.38. The molecule has 0 unspecified atom stereocenters. The number of fused-ring (bicyclic) bond motifs is 1. The standard InChI is InChI=1S/C19H21F3N4O/c20-19(21,22)14-3-1-12(2-4-14)13-6-9-26(10-7-13)18(27)17-15-11-23-8-5-16(15)24-25-17/h1-4,13,23H,5-11H2,(H,24,25). The quantitative estimate of drug-likeness (QED) is 0.844. The summed E-state index contributed by atoms with van der Waals surface area (Å²) in [5.41, 5.74) is 2.74. The number of amides is 1. The van der Waals surface area contributed by atoms with E-state index >= 15 is 0 Å². The number of hydrogen-bond acceptors (Lipinski definition) is 3. The van der Waals surface area contributed by atoms with Crippen LogP contribution in [0.2, 0.25) is 0 Å². The van der Waals surface area contributed by atoms with E-state index in [1.807, 2.05) is 0 Å². The Labute approximate surface area is 154 Å². The number of alkyl halides is 3. The summed E-state index contributed by atoms with van der Waals surface area (Å²) in [6.45, 7) is 2.69. The van der Waals surface area contributed by atoms with Gasteiger partial charge >= 0.3 is 6.18 Å². The predicted molar refractivity (Wildman–Crippen MR) is 93.3 cm³/mol. The summed E-state index contributed by atoms with van der Waals surface area (Å²) in [5.74, 6) is 0.105. The molecule has 0 spiro atoms. The molecule has 144 valence electrons. The lowest BCUT2D eigenvalue weighted by Gasteiger charge is -2.32. The minimum absolute atomic E-state index is 0.0675. The number of carbonyl (C=O) groups is 1. The molecule has 1 fully saturated rings. The highest BCUT2D eigenvalue weighted by Gasteiger charge is 2.32. The van der Waals surface area contributed by atoms with Gasteiger partial charge in [-0.15, -0.1) is 0 Å². The van der Waals surface area contributed by atoms with Crippen LogP contribution in [0.25, 0.3) is 0 Å². The summed E-state index contributed by atoms with van der Waals surface area (Å²) < 4.78 is 38.1. The van der Waals surface area contributed by atoms with E-state index in [0.717, 1.165) is 54.8 Å². The van der Waals surface area contributed by atoms with Gasteiger partial charge in [0.25, 0.3) is 5.91 Å². The van der Waals surface area contributed by atoms with E-state index in [-0.39, 0.29) is 11.8 Å². The molecule has 2 aliphatic heterocycles. The highest BCUT2D eigenvalue weighted by Crippen LogP contribution is 2.33. The van der Waals surface area contributed by atoms with Crippen molar-refractivity contribution < 1.29 is 18.0 Å². The average Bonchev–Trinajstić information content (AvgIpc) is 3.11. The molecule has 1 aromatic carbocycles. The normalized spacial score (nSPS) is 18.4. The van der Waals surface area contributed by atoms with Gasteiger partial charge in [-0.3, -0.25) is 9.89 Å². The minimum atomic E-state index is -4.31. The van der Waals surface area contributed by atoms with E-state index in [1.54, 1.807) is 17.0 Å². The monoisotopic (exact) mass is 378 g/mol. The van der Waals surface area contributed by atoms with Gasteiger partial charge in [-0.2, -0.15) is 18.3 Å². The fourth-order valence-corrected chi connectivity index (χ4v) is 3.91. The number of hydrogen-bond donors (Lipinski definition) is 2. The third-order valence-electron chi connectivity index (χ3n) is 5.50. The Hall–Kier alpha value is -2.35. The molecule has 1 saturated heterocycles. The first-order chi connectivity index (χ1) is 12.9. The molecule has 27 heavy (non-hydrogen) atoms. The van der Waals surface area contributed by atoms with Crippen molar-refractivity contribution >= 4 is 5.91 Å². The zero-order valence-electron chi connectivity index (χ0n) is 14.8. The van der Waals surface area contributed by atoms with Crippen LogP contribution in [0.4, 0.5) is 13.2 Å². The lowest BCUT2D eigenvalue weighted by molar-refractivity contribution is -0.137. The largest absolute Gasteiger partial charge is 0.416 e. The van der Waals surface area contributed by atoms with Crippen LogP contribution in [0.15, 0.2) is 24.3 Å². The zero-order chi connectivity index (χ0) is 19.0. The van der Waals surface area contributed by atoms with Gasteiger partial charge in [-0.1, -0.05) is 12.1 Å². The van der Waals surface area contributed by atoms with E-state index in [1.165, 1.54) is 0 Å². The Morgan fingerprint density at radius 2 is 1.85 bits per heavy atom. The van der Waals surface area contributed by atoms with Crippen LogP contribution < -0.4 is 5.32 Å². The maximum absolute atomic E-state index is 12.8. The summed E-state index contributed by atoms with van der Waals surface area (Å²) in [7, 11) is 0. The fourth-order valence-electron chi connectivity index (χ4n) is 3.91. The molecule has 1 aromatic heterocycles. The van der Waals surface area contributed by atoms with Crippen molar-refractivity contribution in [1.82, 2.24) is 20.4 Å². The van der Waals surface area contributed by atoms with Gasteiger partial charge in [-0.25, -0.2) is 0 Å². The Balaban J connectivity index is 1.40. The lowest BCUT2D eigenvalue weighted by Crippen LogP contribution is -2.39. The first-order valence-electron chi connectivity index (χ1n) is 9.17. The molecule has 3 heterocycles. The maximum atomic E-state index is 12.8. The van der Waals surface area contributed by atoms with Crippen molar-refractivity contribution in [2.75, 3.05) is 19.6 Å². The number of nitrogens with one attached hydrogen (secondary N) is 2. The predicted octanol–water partition coefficient (Wildman–Crippen LogP) is 3.09. The number of rotatable bonds is 2. The van der Waals surface area contributed by atoms with Crippen LogP contribution in [0.5, 0.6) is 0 Å². The van der Waals surface area contributed by atoms with Gasteiger partial charge < -0.3 is 10.2 Å². The molecule has 2 N–H and O–H groups in total. The number of H-pyrrole nitrogens is 1. The molecule has 0 atom stereocenters. The number of likely N-dealkylation sites (tertiary alicyclic amines) is 1. The van der Waals surface area contributed by atoms with Crippen molar-refractivity contribution in [3.63, 3.8) is 0 Å². The third kappa shape index (κ3) is 3.58. The lowest BCUT2D eigenvalue weighted by atomic mass is 9.88. The molecule has 2 aromatic rings. The molecule has 1 amide bonds. The number of halogens is 3. The van der Waals surface area contributed by atoms with Crippen LogP contribution in [0.3, 0.4) is 0 Å². The number of aromatic amines is 1. The van der Waals surface area contributed by atoms with Gasteiger partial charge in [0.1, 0.15) is 0 Å². The topological polar surface area (TPSA) is 61.0 Å². The second kappa shape index (κ2) is 6.99. The maximum Gasteiger partial charge on any atom is 0.416 e. The average molecular weight is 378 g/mol. The number of carbonyl (C=O) groups excluding carboxylic acids is 1. The van der Waals surface area contributed by atoms with Crippen molar-refractivity contribution in [3.8, 4) is 0 Å². The van der Waals surface area contributed by atoms with E-state index in [9.17, 15) is 18.0 Å². The Morgan fingerprint density at radius 1 is 1.15 bits per heavy atom. The van der Waals surface area contributed by atoms with Gasteiger partial charge in [0.15, 0.2) is 5.69 Å². The second-order valence-electron chi connectivity index (χ2n) is 7.14. The van der Waals surface area contributed by atoms with Crippen LogP contribution in [0, 0.1) is 0 Å². The van der Waals surface area contributed by atoms with Gasteiger partial charge in [0, 0.05) is 43.9 Å². The van der Waals surface area contributed by atoms with Gasteiger partial charge in [0.2, 0.25) is 0 Å². The fraction of sp³-hybridized carbons (Fsp3) is 0.474. The third-order valence-corrected chi connectivity index (χ3v) is 5.50. The van der Waals surface area contributed by atoms with Crippen molar-refractivity contribution in [1.29, 1.82) is 0 Å². The Kier molecular flexibility index (Phi) is 4.67. The van der Waals surface area contributed by atoms with Crippen molar-refractivity contribution in [2.24, 2.45) is 0 Å². The summed E-state index contributed by atoms with van der Waals surface area (Å²) in [4.78, 5) is 14.6. The molecule has 0 saturated carbocycles. The van der Waals surface area contributed by atoms with Gasteiger partial charge in [0.05, 0.1) is 5.56 Å². The first kappa shape index (κ1) is 18.0. The number of benzene rings is 1. The molecule has 0 radical (unpaired) electrons. The van der Waals surface area contributed by atoms with Crippen LogP contribution in [-0.2, 0) is 19.1 Å². The molecule has 2 aliphatic rings. The summed E-state index contributed by atoms with van der Waals surface area (Å²) in [5, 5.41) is 10.4. The van der Waals surface area contributed by atoms with E-state index < -0.39 is 11.7 Å². The minimum Gasteiger partial charge on any atom is -0.337 e. The molecular weight excluding hydrogens is 357 g/mol. The Bertz CT molecular complexity index is 820. The van der Waals surface area contributed by atoms with Crippen molar-refractivity contribution in [2.45, 2.75) is 37.9 Å². The highest BCUT2D eigenvalue weighted by molar-refractivity contribution is 5.94. The Morgan fingerprint density at radius 3 is 2.52 bits per heavy atom. The van der Waals surface area contributed by atoms with Crippen LogP contribution in [-0.4, -0.2) is 40.6 Å². The summed E-state index contributed by atoms with van der Waals surface area (Å²) in [6.07, 6.45) is -2.00. The number of aromatic nitrogens is 2.